The molecule has 8 amide bonds. The minimum absolute atomic E-state index is 0.0633. The summed E-state index contributed by atoms with van der Waals surface area (Å²) < 4.78 is 16.1. The van der Waals surface area contributed by atoms with Gasteiger partial charge in [-0.05, 0) is 118 Å². The van der Waals surface area contributed by atoms with Crippen LogP contribution in [-0.4, -0.2) is 126 Å². The van der Waals surface area contributed by atoms with E-state index < -0.39 is 71.1 Å². The van der Waals surface area contributed by atoms with Crippen LogP contribution in [0.5, 0.6) is 0 Å². The summed E-state index contributed by atoms with van der Waals surface area (Å²) in [6.07, 6.45) is 0.765. The Kier molecular flexibility index (Phi) is 22.6. The maximum atomic E-state index is 14.5. The number of urea groups is 1. The summed E-state index contributed by atoms with van der Waals surface area (Å²) in [7, 11) is 0. The van der Waals surface area contributed by atoms with Crippen molar-refractivity contribution in [1.29, 1.82) is 0 Å². The number of nitrogens with zero attached hydrogens (tertiary/aromatic N) is 2. The quantitative estimate of drug-likeness (QED) is 0.0584. The number of ether oxygens (including phenoxy) is 3. The second-order valence-electron chi connectivity index (χ2n) is 20.9. The Morgan fingerprint density at radius 3 is 1.65 bits per heavy atom. The molecule has 1 saturated heterocycles. The van der Waals surface area contributed by atoms with Crippen molar-refractivity contribution in [3.8, 4) is 0 Å². The number of piperidine rings is 1. The van der Waals surface area contributed by atoms with Crippen molar-refractivity contribution in [2.75, 3.05) is 32.7 Å². The summed E-state index contributed by atoms with van der Waals surface area (Å²) >= 11 is 0. The minimum atomic E-state index is -1.13. The van der Waals surface area contributed by atoms with Gasteiger partial charge in [0.25, 0.3) is 0 Å². The SMILES string of the molecule is CC(C)C[C@@H](NC(=O)[C@@H](Cc1ccccc1)NC(=O)N(CCNC(=O)OC(C)(C)C)Cc1ccccc1)C(=O)N[C@H](CCCCNC(=O)OC(C)(C)C)C(=O)N1CCC(NC(=O)OC(C)(C)C)CC1. The predicted molar refractivity (Wildman–Crippen MR) is 264 cm³/mol. The molecule has 0 unspecified atom stereocenters. The molecule has 0 bridgehead atoms. The van der Waals surface area contributed by atoms with E-state index in [0.717, 1.165) is 11.1 Å². The summed E-state index contributed by atoms with van der Waals surface area (Å²) in [5.74, 6) is -1.53. The number of carbonyl (C=O) groups is 7. The molecule has 0 saturated carbocycles. The third-order valence-corrected chi connectivity index (χ3v) is 10.5. The fraction of sp³-hybridized carbons (Fsp3) is 0.627. The lowest BCUT2D eigenvalue weighted by atomic mass is 9.99. The first-order chi connectivity index (χ1) is 32.3. The zero-order valence-electron chi connectivity index (χ0n) is 42.8. The van der Waals surface area contributed by atoms with E-state index in [1.54, 1.807) is 67.2 Å². The van der Waals surface area contributed by atoms with Gasteiger partial charge in [0.05, 0.1) is 0 Å². The van der Waals surface area contributed by atoms with Gasteiger partial charge in [-0.15, -0.1) is 0 Å². The van der Waals surface area contributed by atoms with Crippen LogP contribution < -0.4 is 31.9 Å². The molecule has 3 atom stereocenters. The second kappa shape index (κ2) is 27.2. The van der Waals surface area contributed by atoms with Gasteiger partial charge in [0, 0.05) is 51.7 Å². The maximum absolute atomic E-state index is 14.5. The number of hydrogen-bond acceptors (Lipinski definition) is 10. The van der Waals surface area contributed by atoms with Crippen LogP contribution in [0.25, 0.3) is 0 Å². The number of hydrogen-bond donors (Lipinski definition) is 6. The fourth-order valence-electron chi connectivity index (χ4n) is 7.38. The van der Waals surface area contributed by atoms with Gasteiger partial charge < -0.3 is 55.9 Å². The molecule has 0 radical (unpaired) electrons. The van der Waals surface area contributed by atoms with Gasteiger partial charge in [-0.1, -0.05) is 74.5 Å². The van der Waals surface area contributed by atoms with E-state index >= 15 is 0 Å². The number of benzene rings is 2. The highest BCUT2D eigenvalue weighted by molar-refractivity contribution is 5.94. The first-order valence-corrected chi connectivity index (χ1v) is 24.2. The van der Waals surface area contributed by atoms with Crippen LogP contribution >= 0.6 is 0 Å². The van der Waals surface area contributed by atoms with Gasteiger partial charge in [0.2, 0.25) is 17.7 Å². The highest BCUT2D eigenvalue weighted by atomic mass is 16.6. The molecule has 0 aromatic heterocycles. The molecule has 1 heterocycles. The normalized spacial score (nSPS) is 14.6. The Hall–Kier alpha value is -6.07. The van der Waals surface area contributed by atoms with Crippen LogP contribution in [0, 0.1) is 5.92 Å². The summed E-state index contributed by atoms with van der Waals surface area (Å²) in [6, 6.07) is 14.5. The van der Waals surface area contributed by atoms with Crippen molar-refractivity contribution in [2.24, 2.45) is 5.92 Å². The first kappa shape index (κ1) is 57.2. The van der Waals surface area contributed by atoms with Crippen LogP contribution in [0.15, 0.2) is 60.7 Å². The number of amides is 8. The molecule has 2 aromatic rings. The molecule has 1 aliphatic rings. The van der Waals surface area contributed by atoms with E-state index in [1.165, 1.54) is 4.90 Å². The molecule has 0 aliphatic carbocycles. The van der Waals surface area contributed by atoms with Crippen molar-refractivity contribution in [3.05, 3.63) is 71.8 Å². The summed E-state index contributed by atoms with van der Waals surface area (Å²) in [6.45, 7) is 21.0. The van der Waals surface area contributed by atoms with Gasteiger partial charge in [-0.2, -0.15) is 0 Å². The van der Waals surface area contributed by atoms with Gasteiger partial charge >= 0.3 is 24.3 Å². The average Bonchev–Trinajstić information content (AvgIpc) is 3.23. The number of nitrogens with one attached hydrogen (secondary N) is 6. The van der Waals surface area contributed by atoms with Gasteiger partial charge in [-0.3, -0.25) is 14.4 Å². The zero-order valence-corrected chi connectivity index (χ0v) is 42.8. The van der Waals surface area contributed by atoms with Crippen molar-refractivity contribution < 1.29 is 47.8 Å². The van der Waals surface area contributed by atoms with Crippen LogP contribution in [0.4, 0.5) is 19.2 Å². The molecule has 0 spiro atoms. The van der Waals surface area contributed by atoms with E-state index in [1.807, 2.05) is 74.5 Å². The smallest absolute Gasteiger partial charge is 0.407 e. The van der Waals surface area contributed by atoms with E-state index in [0.29, 0.717) is 38.8 Å². The molecule has 2 aromatic carbocycles. The number of carbonyl (C=O) groups excluding carboxylic acids is 7. The van der Waals surface area contributed by atoms with Crippen molar-refractivity contribution >= 4 is 42.0 Å². The fourth-order valence-corrected chi connectivity index (χ4v) is 7.38. The second-order valence-corrected chi connectivity index (χ2v) is 20.9. The predicted octanol–water partition coefficient (Wildman–Crippen LogP) is 6.56. The topological polar surface area (TPSA) is 226 Å². The summed E-state index contributed by atoms with van der Waals surface area (Å²) in [5, 5.41) is 17.1. The molecule has 69 heavy (non-hydrogen) atoms. The number of alkyl carbamates (subject to hydrolysis) is 3. The molecular formula is C51H80N8O10. The highest BCUT2D eigenvalue weighted by Gasteiger charge is 2.34. The number of likely N-dealkylation sites (tertiary alicyclic amines) is 1. The molecule has 1 fully saturated rings. The van der Waals surface area contributed by atoms with Gasteiger partial charge in [0.1, 0.15) is 34.9 Å². The lowest BCUT2D eigenvalue weighted by molar-refractivity contribution is -0.138. The Labute approximate surface area is 409 Å². The Bertz CT molecular complexity index is 1960. The van der Waals surface area contributed by atoms with Crippen LogP contribution in [0.1, 0.15) is 126 Å². The molecule has 18 heteroatoms. The number of rotatable bonds is 21. The Morgan fingerprint density at radius 1 is 0.623 bits per heavy atom. The van der Waals surface area contributed by atoms with E-state index in [2.05, 4.69) is 31.9 Å². The third kappa shape index (κ3) is 23.7. The molecule has 384 valence electrons. The molecular weight excluding hydrogens is 885 g/mol. The molecule has 3 rings (SSSR count). The van der Waals surface area contributed by atoms with E-state index in [4.69, 9.17) is 14.2 Å². The lowest BCUT2D eigenvalue weighted by Crippen LogP contribution is -2.59. The Morgan fingerprint density at radius 2 is 1.12 bits per heavy atom. The minimum Gasteiger partial charge on any atom is -0.444 e. The molecule has 6 N–H and O–H groups in total. The Balaban J connectivity index is 1.83. The lowest BCUT2D eigenvalue weighted by Gasteiger charge is -2.35. The summed E-state index contributed by atoms with van der Waals surface area (Å²) in [4.78, 5) is 97.8. The van der Waals surface area contributed by atoms with Crippen LogP contribution in [0.3, 0.4) is 0 Å². The van der Waals surface area contributed by atoms with Crippen molar-refractivity contribution in [1.82, 2.24) is 41.7 Å². The van der Waals surface area contributed by atoms with Crippen molar-refractivity contribution in [3.63, 3.8) is 0 Å². The maximum Gasteiger partial charge on any atom is 0.407 e. The standard InChI is InChI=1S/C51H80N8O10/c1-35(2)32-40(42(60)55-39(24-18-19-27-52-46(64)67-49(3,4)5)44(62)58-29-25-38(26-30-58)54-48(66)69-51(9,10)11)56-43(61)41(33-36-20-14-12-15-21-36)57-45(63)59(34-37-22-16-13-17-23-37)31-28-53-47(65)68-50(6,7)8/h12-17,20-23,35,38-41H,18-19,24-34H2,1-11H3,(H,52,64)(H,53,65)(H,54,66)(H,55,60)(H,56,61)(H,57,63)/t39-,40-,41-/m1/s1. The molecule has 18 nitrogen and oxygen atoms in total. The van der Waals surface area contributed by atoms with Crippen molar-refractivity contribution in [2.45, 2.75) is 169 Å². The van der Waals surface area contributed by atoms with E-state index in [-0.39, 0.29) is 63.3 Å². The summed E-state index contributed by atoms with van der Waals surface area (Å²) in [5.41, 5.74) is -0.450. The van der Waals surface area contributed by atoms with Crippen LogP contribution in [-0.2, 0) is 41.6 Å². The van der Waals surface area contributed by atoms with Gasteiger partial charge in [0.15, 0.2) is 0 Å². The van der Waals surface area contributed by atoms with Crippen LogP contribution in [0.2, 0.25) is 0 Å². The largest absolute Gasteiger partial charge is 0.444 e. The number of unbranched alkanes of at least 4 members (excludes halogenated alkanes) is 1. The zero-order chi connectivity index (χ0) is 51.4. The third-order valence-electron chi connectivity index (χ3n) is 10.5. The monoisotopic (exact) mass is 965 g/mol. The molecule has 1 aliphatic heterocycles. The van der Waals surface area contributed by atoms with Gasteiger partial charge in [-0.25, -0.2) is 19.2 Å². The average molecular weight is 965 g/mol. The first-order valence-electron chi connectivity index (χ1n) is 24.2. The highest BCUT2D eigenvalue weighted by Crippen LogP contribution is 2.17. The van der Waals surface area contributed by atoms with E-state index in [9.17, 15) is 33.6 Å².